The molecule has 0 heterocycles. The molecule has 140 valence electrons. The molecule has 1 aliphatic rings. The number of hydrogen-bond donors (Lipinski definition) is 2. The minimum atomic E-state index is -0.128. The number of halogens is 2. The molecule has 3 rings (SSSR count). The summed E-state index contributed by atoms with van der Waals surface area (Å²) in [7, 11) is 1.65. The molecule has 1 saturated carbocycles. The Hall–Kier alpha value is -1.83. The zero-order chi connectivity index (χ0) is 17.6. The van der Waals surface area contributed by atoms with Crippen LogP contribution in [-0.2, 0) is 6.54 Å². The van der Waals surface area contributed by atoms with Gasteiger partial charge in [-0.3, -0.25) is 0 Å². The van der Waals surface area contributed by atoms with E-state index < -0.39 is 0 Å². The third-order valence-electron chi connectivity index (χ3n) is 4.34. The van der Waals surface area contributed by atoms with Crippen LogP contribution in [-0.4, -0.2) is 25.7 Å². The minimum absolute atomic E-state index is 0. The summed E-state index contributed by atoms with van der Waals surface area (Å²) in [4.78, 5) is 4.63. The van der Waals surface area contributed by atoms with Crippen molar-refractivity contribution in [3.8, 4) is 5.75 Å². The van der Waals surface area contributed by atoms with Gasteiger partial charge in [0.2, 0.25) is 0 Å². The minimum Gasteiger partial charge on any atom is -0.497 e. The van der Waals surface area contributed by atoms with E-state index in [-0.39, 0.29) is 41.8 Å². The molecule has 6 heteroatoms. The molecule has 2 atom stereocenters. The van der Waals surface area contributed by atoms with Crippen molar-refractivity contribution < 1.29 is 9.13 Å². The second-order valence-electron chi connectivity index (χ2n) is 6.16. The molecule has 0 amide bonds. The van der Waals surface area contributed by atoms with E-state index in [2.05, 4.69) is 15.6 Å². The fourth-order valence-corrected chi connectivity index (χ4v) is 2.87. The lowest BCUT2D eigenvalue weighted by molar-refractivity contribution is 0.414. The van der Waals surface area contributed by atoms with Crippen LogP contribution in [0.3, 0.4) is 0 Å². The SMILES string of the molecule is CCNC(=NCc1ccc(OC)cc1)NC1CC1c1ccccc1F.I. The van der Waals surface area contributed by atoms with Crippen molar-refractivity contribution in [3.63, 3.8) is 0 Å². The van der Waals surface area contributed by atoms with Crippen LogP contribution >= 0.6 is 24.0 Å². The average molecular weight is 469 g/mol. The first kappa shape index (κ1) is 20.5. The zero-order valence-electron chi connectivity index (χ0n) is 15.0. The van der Waals surface area contributed by atoms with Gasteiger partial charge in [0.25, 0.3) is 0 Å². The van der Waals surface area contributed by atoms with Crippen LogP contribution < -0.4 is 15.4 Å². The standard InChI is InChI=1S/C20H24FN3O.HI/c1-3-22-20(23-13-14-8-10-15(25-2)11-9-14)24-19-12-17(19)16-6-4-5-7-18(16)21;/h4-11,17,19H,3,12-13H2,1-2H3,(H2,22,23,24);1H. The second kappa shape index (κ2) is 9.75. The zero-order valence-corrected chi connectivity index (χ0v) is 17.4. The lowest BCUT2D eigenvalue weighted by Gasteiger charge is -2.11. The van der Waals surface area contributed by atoms with Crippen LogP contribution in [0.4, 0.5) is 4.39 Å². The first-order chi connectivity index (χ1) is 12.2. The molecule has 0 bridgehead atoms. The Morgan fingerprint density at radius 2 is 1.92 bits per heavy atom. The largest absolute Gasteiger partial charge is 0.497 e. The fourth-order valence-electron chi connectivity index (χ4n) is 2.87. The lowest BCUT2D eigenvalue weighted by Crippen LogP contribution is -2.39. The molecule has 26 heavy (non-hydrogen) atoms. The van der Waals surface area contributed by atoms with Gasteiger partial charge in [0.05, 0.1) is 13.7 Å². The Labute approximate surface area is 171 Å². The number of aliphatic imine (C=N–C) groups is 1. The quantitative estimate of drug-likeness (QED) is 0.381. The normalized spacial score (nSPS) is 18.7. The van der Waals surface area contributed by atoms with Gasteiger partial charge in [-0.1, -0.05) is 30.3 Å². The van der Waals surface area contributed by atoms with Gasteiger partial charge in [0, 0.05) is 18.5 Å². The topological polar surface area (TPSA) is 45.7 Å². The van der Waals surface area contributed by atoms with E-state index in [4.69, 9.17) is 4.74 Å². The summed E-state index contributed by atoms with van der Waals surface area (Å²) in [6.07, 6.45) is 0.924. The van der Waals surface area contributed by atoms with E-state index in [0.717, 1.165) is 35.8 Å². The first-order valence-corrected chi connectivity index (χ1v) is 8.63. The van der Waals surface area contributed by atoms with Gasteiger partial charge >= 0.3 is 0 Å². The molecular formula is C20H25FIN3O. The van der Waals surface area contributed by atoms with Crippen LogP contribution in [0.25, 0.3) is 0 Å². The molecular weight excluding hydrogens is 444 g/mol. The van der Waals surface area contributed by atoms with E-state index in [1.807, 2.05) is 43.3 Å². The summed E-state index contributed by atoms with van der Waals surface area (Å²) >= 11 is 0. The highest BCUT2D eigenvalue weighted by atomic mass is 127. The summed E-state index contributed by atoms with van der Waals surface area (Å²) in [5.74, 6) is 1.69. The average Bonchev–Trinajstić information content (AvgIpc) is 3.39. The molecule has 2 N–H and O–H groups in total. The first-order valence-electron chi connectivity index (χ1n) is 8.63. The number of methoxy groups -OCH3 is 1. The van der Waals surface area contributed by atoms with Crippen molar-refractivity contribution in [2.75, 3.05) is 13.7 Å². The van der Waals surface area contributed by atoms with Crippen LogP contribution in [0.15, 0.2) is 53.5 Å². The Morgan fingerprint density at radius 3 is 2.58 bits per heavy atom. The van der Waals surface area contributed by atoms with E-state index in [1.54, 1.807) is 13.2 Å². The van der Waals surface area contributed by atoms with E-state index in [1.165, 1.54) is 6.07 Å². The van der Waals surface area contributed by atoms with E-state index in [0.29, 0.717) is 6.54 Å². The van der Waals surface area contributed by atoms with Gasteiger partial charge < -0.3 is 15.4 Å². The van der Waals surface area contributed by atoms with Crippen molar-refractivity contribution in [1.29, 1.82) is 0 Å². The molecule has 0 saturated heterocycles. The van der Waals surface area contributed by atoms with Gasteiger partial charge in [-0.25, -0.2) is 9.38 Å². The van der Waals surface area contributed by atoms with Crippen LogP contribution in [0, 0.1) is 5.82 Å². The van der Waals surface area contributed by atoms with E-state index in [9.17, 15) is 4.39 Å². The van der Waals surface area contributed by atoms with Gasteiger partial charge in [0.1, 0.15) is 11.6 Å². The molecule has 4 nitrogen and oxygen atoms in total. The monoisotopic (exact) mass is 469 g/mol. The molecule has 0 aromatic heterocycles. The molecule has 1 aliphatic carbocycles. The van der Waals surface area contributed by atoms with Crippen molar-refractivity contribution in [2.24, 2.45) is 4.99 Å². The smallest absolute Gasteiger partial charge is 0.191 e. The van der Waals surface area contributed by atoms with Crippen LogP contribution in [0.2, 0.25) is 0 Å². The maximum absolute atomic E-state index is 13.9. The van der Waals surface area contributed by atoms with Crippen molar-refractivity contribution in [2.45, 2.75) is 31.8 Å². The number of guanidine groups is 1. The number of benzene rings is 2. The molecule has 0 aliphatic heterocycles. The third kappa shape index (κ3) is 5.33. The molecule has 1 fully saturated rings. The Balaban J connectivity index is 0.00000243. The maximum Gasteiger partial charge on any atom is 0.191 e. The van der Waals surface area contributed by atoms with Gasteiger partial charge in [-0.15, -0.1) is 24.0 Å². The summed E-state index contributed by atoms with van der Waals surface area (Å²) in [5.41, 5.74) is 1.89. The summed E-state index contributed by atoms with van der Waals surface area (Å²) in [6, 6.07) is 15.1. The third-order valence-corrected chi connectivity index (χ3v) is 4.34. The number of rotatable bonds is 6. The second-order valence-corrected chi connectivity index (χ2v) is 6.16. The molecule has 0 spiro atoms. The summed E-state index contributed by atoms with van der Waals surface area (Å²) in [5, 5.41) is 6.66. The molecule has 0 radical (unpaired) electrons. The molecule has 2 aromatic carbocycles. The van der Waals surface area contributed by atoms with E-state index >= 15 is 0 Å². The van der Waals surface area contributed by atoms with Gasteiger partial charge in [-0.05, 0) is 42.7 Å². The van der Waals surface area contributed by atoms with Crippen molar-refractivity contribution in [3.05, 3.63) is 65.5 Å². The number of ether oxygens (including phenoxy) is 1. The number of hydrogen-bond acceptors (Lipinski definition) is 2. The number of nitrogens with one attached hydrogen (secondary N) is 2. The van der Waals surface area contributed by atoms with Gasteiger partial charge in [-0.2, -0.15) is 0 Å². The van der Waals surface area contributed by atoms with Crippen molar-refractivity contribution in [1.82, 2.24) is 10.6 Å². The van der Waals surface area contributed by atoms with Crippen molar-refractivity contribution >= 4 is 29.9 Å². The Morgan fingerprint density at radius 1 is 1.19 bits per heavy atom. The summed E-state index contributed by atoms with van der Waals surface area (Å²) < 4.78 is 19.1. The molecule has 2 aromatic rings. The van der Waals surface area contributed by atoms with Crippen LogP contribution in [0.5, 0.6) is 5.75 Å². The maximum atomic E-state index is 13.9. The summed E-state index contributed by atoms with van der Waals surface area (Å²) in [6.45, 7) is 3.40. The lowest BCUT2D eigenvalue weighted by atomic mass is 10.1. The predicted octanol–water partition coefficient (Wildman–Crippen LogP) is 4.06. The Bertz CT molecular complexity index is 736. The highest BCUT2D eigenvalue weighted by molar-refractivity contribution is 14.0. The predicted molar refractivity (Wildman–Crippen MR) is 114 cm³/mol. The highest BCUT2D eigenvalue weighted by Crippen LogP contribution is 2.41. The van der Waals surface area contributed by atoms with Gasteiger partial charge in [0.15, 0.2) is 5.96 Å². The Kier molecular flexibility index (Phi) is 7.68. The van der Waals surface area contributed by atoms with Crippen LogP contribution in [0.1, 0.15) is 30.4 Å². The molecule has 2 unspecified atom stereocenters. The number of nitrogens with zero attached hydrogens (tertiary/aromatic N) is 1. The highest BCUT2D eigenvalue weighted by Gasteiger charge is 2.40. The fraction of sp³-hybridized carbons (Fsp3) is 0.350.